The first-order valence-electron chi connectivity index (χ1n) is 7.19. The topological polar surface area (TPSA) is 133 Å². The number of hydrogen-bond acceptors (Lipinski definition) is 7. The number of sulfone groups is 1. The summed E-state index contributed by atoms with van der Waals surface area (Å²) in [6.45, 7) is 1.67. The maximum atomic E-state index is 12.2. The van der Waals surface area contributed by atoms with E-state index < -0.39 is 38.4 Å². The smallest absolute Gasteiger partial charge is 0.338 e. The Kier molecular flexibility index (Phi) is 5.17. The van der Waals surface area contributed by atoms with Crippen molar-refractivity contribution in [2.45, 2.75) is 19.4 Å². The van der Waals surface area contributed by atoms with Crippen molar-refractivity contribution in [1.82, 2.24) is 5.32 Å². The van der Waals surface area contributed by atoms with Gasteiger partial charge >= 0.3 is 5.97 Å². The van der Waals surface area contributed by atoms with E-state index in [4.69, 9.17) is 4.74 Å². The predicted molar refractivity (Wildman–Crippen MR) is 83.6 cm³/mol. The Morgan fingerprint density at radius 2 is 2.00 bits per heavy atom. The third-order valence-corrected chi connectivity index (χ3v) is 5.24. The number of hydrogen-bond donors (Lipinski definition) is 1. The van der Waals surface area contributed by atoms with Gasteiger partial charge in [0.25, 0.3) is 11.6 Å². The first-order chi connectivity index (χ1) is 11.2. The van der Waals surface area contributed by atoms with Gasteiger partial charge in [-0.15, -0.1) is 0 Å². The zero-order chi connectivity index (χ0) is 17.9. The van der Waals surface area contributed by atoms with E-state index in [2.05, 4.69) is 5.32 Å². The number of nitro benzene ring substituents is 1. The molecule has 0 saturated carbocycles. The van der Waals surface area contributed by atoms with Crippen LogP contribution in [-0.4, -0.2) is 49.4 Å². The van der Waals surface area contributed by atoms with Gasteiger partial charge in [-0.05, 0) is 19.4 Å². The normalized spacial score (nSPS) is 18.8. The van der Waals surface area contributed by atoms with Gasteiger partial charge in [0.1, 0.15) is 0 Å². The van der Waals surface area contributed by atoms with Gasteiger partial charge in [-0.2, -0.15) is 0 Å². The van der Waals surface area contributed by atoms with Crippen LogP contribution in [-0.2, 0) is 14.6 Å². The van der Waals surface area contributed by atoms with Crippen molar-refractivity contribution < 1.29 is 27.7 Å². The third kappa shape index (κ3) is 4.28. The van der Waals surface area contributed by atoms with Crippen molar-refractivity contribution in [1.29, 1.82) is 0 Å². The third-order valence-electron chi connectivity index (χ3n) is 3.47. The molecule has 1 aromatic rings. The lowest BCUT2D eigenvalue weighted by Gasteiger charge is -2.11. The van der Waals surface area contributed by atoms with Crippen molar-refractivity contribution in [3.8, 4) is 0 Å². The van der Waals surface area contributed by atoms with Gasteiger partial charge in [-0.3, -0.25) is 14.9 Å². The van der Waals surface area contributed by atoms with Gasteiger partial charge in [0, 0.05) is 23.7 Å². The molecule has 0 spiro atoms. The highest BCUT2D eigenvalue weighted by molar-refractivity contribution is 7.91. The number of carbonyl (C=O) groups excluding carboxylic acids is 2. The number of amides is 1. The van der Waals surface area contributed by atoms with Crippen LogP contribution in [0.3, 0.4) is 0 Å². The first-order valence-corrected chi connectivity index (χ1v) is 9.02. The minimum Gasteiger partial charge on any atom is -0.462 e. The lowest BCUT2D eigenvalue weighted by molar-refractivity contribution is -0.384. The number of nitrogens with zero attached hydrogens (tertiary/aromatic N) is 1. The number of esters is 1. The molecule has 24 heavy (non-hydrogen) atoms. The average Bonchev–Trinajstić information content (AvgIpc) is 2.85. The zero-order valence-corrected chi connectivity index (χ0v) is 13.7. The van der Waals surface area contributed by atoms with Gasteiger partial charge < -0.3 is 10.1 Å². The fraction of sp³-hybridized carbons (Fsp3) is 0.429. The molecule has 10 heteroatoms. The minimum atomic E-state index is -3.17. The molecule has 0 bridgehead atoms. The average molecular weight is 356 g/mol. The number of benzene rings is 1. The van der Waals surface area contributed by atoms with Gasteiger partial charge in [0.15, 0.2) is 9.84 Å². The Labute approximate surface area is 138 Å². The standard InChI is InChI=1S/C14H16N2O7S/c1-2-23-14(18)10-5-9(6-12(7-10)16(19)20)13(17)15-11-3-4-24(21,22)8-11/h5-7,11H,2-4,8H2,1H3,(H,15,17). The van der Waals surface area contributed by atoms with Crippen LogP contribution in [0.25, 0.3) is 0 Å². The second kappa shape index (κ2) is 6.95. The molecule has 1 heterocycles. The van der Waals surface area contributed by atoms with Crippen LogP contribution < -0.4 is 5.32 Å². The molecule has 0 radical (unpaired) electrons. The summed E-state index contributed by atoms with van der Waals surface area (Å²) >= 11 is 0. The number of rotatable bonds is 5. The summed E-state index contributed by atoms with van der Waals surface area (Å²) in [7, 11) is -3.17. The van der Waals surface area contributed by atoms with Crippen molar-refractivity contribution in [2.75, 3.05) is 18.1 Å². The van der Waals surface area contributed by atoms with Crippen LogP contribution >= 0.6 is 0 Å². The van der Waals surface area contributed by atoms with Crippen LogP contribution in [0.15, 0.2) is 18.2 Å². The van der Waals surface area contributed by atoms with E-state index in [9.17, 15) is 28.1 Å². The number of ether oxygens (including phenoxy) is 1. The molecular formula is C14H16N2O7S. The van der Waals surface area contributed by atoms with Crippen LogP contribution in [0.1, 0.15) is 34.1 Å². The molecule has 0 aliphatic carbocycles. The fourth-order valence-corrected chi connectivity index (χ4v) is 4.03. The maximum absolute atomic E-state index is 12.2. The van der Waals surface area contributed by atoms with E-state index in [1.165, 1.54) is 6.07 Å². The van der Waals surface area contributed by atoms with E-state index in [0.717, 1.165) is 12.1 Å². The molecular weight excluding hydrogens is 340 g/mol. The summed E-state index contributed by atoms with van der Waals surface area (Å²) in [5.41, 5.74) is -0.642. The second-order valence-corrected chi connectivity index (χ2v) is 7.55. The van der Waals surface area contributed by atoms with Crippen LogP contribution in [0.4, 0.5) is 5.69 Å². The summed E-state index contributed by atoms with van der Waals surface area (Å²) in [6, 6.07) is 2.69. The summed E-state index contributed by atoms with van der Waals surface area (Å²) in [5.74, 6) is -1.63. The molecule has 1 N–H and O–H groups in total. The largest absolute Gasteiger partial charge is 0.462 e. The highest BCUT2D eigenvalue weighted by Crippen LogP contribution is 2.19. The fourth-order valence-electron chi connectivity index (χ4n) is 2.36. The van der Waals surface area contributed by atoms with E-state index in [1.54, 1.807) is 6.92 Å². The molecule has 1 fully saturated rings. The van der Waals surface area contributed by atoms with E-state index >= 15 is 0 Å². The molecule has 2 rings (SSSR count). The molecule has 1 atom stereocenters. The van der Waals surface area contributed by atoms with Crippen LogP contribution in [0, 0.1) is 10.1 Å². The monoisotopic (exact) mass is 356 g/mol. The molecule has 9 nitrogen and oxygen atoms in total. The van der Waals surface area contributed by atoms with Crippen molar-refractivity contribution in [2.24, 2.45) is 0 Å². The van der Waals surface area contributed by atoms with Gasteiger partial charge in [-0.1, -0.05) is 0 Å². The quantitative estimate of drug-likeness (QED) is 0.466. The number of nitrogens with one attached hydrogen (secondary N) is 1. The lowest BCUT2D eigenvalue weighted by Crippen LogP contribution is -2.35. The molecule has 130 valence electrons. The summed E-state index contributed by atoms with van der Waals surface area (Å²) < 4.78 is 27.6. The van der Waals surface area contributed by atoms with Crippen LogP contribution in [0.2, 0.25) is 0 Å². The van der Waals surface area contributed by atoms with Crippen molar-refractivity contribution >= 4 is 27.4 Å². The van der Waals surface area contributed by atoms with Gasteiger partial charge in [-0.25, -0.2) is 13.2 Å². The Bertz CT molecular complexity index is 788. The first kappa shape index (κ1) is 17.9. The van der Waals surface area contributed by atoms with E-state index in [0.29, 0.717) is 0 Å². The molecule has 1 amide bonds. The molecule has 0 aromatic heterocycles. The van der Waals surface area contributed by atoms with E-state index in [1.807, 2.05) is 0 Å². The summed E-state index contributed by atoms with van der Waals surface area (Å²) in [6.07, 6.45) is 0.285. The molecule has 1 aliphatic rings. The highest BCUT2D eigenvalue weighted by atomic mass is 32.2. The molecule has 1 aromatic carbocycles. The van der Waals surface area contributed by atoms with E-state index in [-0.39, 0.29) is 35.7 Å². The Morgan fingerprint density at radius 3 is 2.54 bits per heavy atom. The van der Waals surface area contributed by atoms with Gasteiger partial charge in [0.2, 0.25) is 0 Å². The predicted octanol–water partition coefficient (Wildman–Crippen LogP) is 0.688. The Hall–Kier alpha value is -2.49. The van der Waals surface area contributed by atoms with Crippen molar-refractivity contribution in [3.05, 3.63) is 39.4 Å². The summed E-state index contributed by atoms with van der Waals surface area (Å²) in [4.78, 5) is 34.3. The Morgan fingerprint density at radius 1 is 1.33 bits per heavy atom. The molecule has 1 unspecified atom stereocenters. The highest BCUT2D eigenvalue weighted by Gasteiger charge is 2.29. The van der Waals surface area contributed by atoms with Gasteiger partial charge in [0.05, 0.1) is 28.6 Å². The number of nitro groups is 1. The van der Waals surface area contributed by atoms with Crippen LogP contribution in [0.5, 0.6) is 0 Å². The lowest BCUT2D eigenvalue weighted by atomic mass is 10.1. The number of carbonyl (C=O) groups is 2. The number of non-ortho nitro benzene ring substituents is 1. The minimum absolute atomic E-state index is 0.0129. The molecule has 1 aliphatic heterocycles. The second-order valence-electron chi connectivity index (χ2n) is 5.32. The summed E-state index contributed by atoms with van der Waals surface area (Å²) in [5, 5.41) is 13.5. The SMILES string of the molecule is CCOC(=O)c1cc(C(=O)NC2CCS(=O)(=O)C2)cc([N+](=O)[O-])c1. The Balaban J connectivity index is 2.26. The van der Waals surface area contributed by atoms with Crippen molar-refractivity contribution in [3.63, 3.8) is 0 Å². The maximum Gasteiger partial charge on any atom is 0.338 e. The molecule has 1 saturated heterocycles. The zero-order valence-electron chi connectivity index (χ0n) is 12.9.